The van der Waals surface area contributed by atoms with Gasteiger partial charge in [0, 0.05) is 21.3 Å². The van der Waals surface area contributed by atoms with Gasteiger partial charge in [-0.25, -0.2) is 23.7 Å². The highest BCUT2D eigenvalue weighted by Crippen LogP contribution is 2.55. The first kappa shape index (κ1) is 46.2. The van der Waals surface area contributed by atoms with Crippen LogP contribution in [0.25, 0.3) is 5.52 Å². The fraction of sp³-hybridized carbons (Fsp3) is 0.579. The Balaban J connectivity index is 1.89. The van der Waals surface area contributed by atoms with Crippen LogP contribution in [0.1, 0.15) is 73.6 Å². The van der Waals surface area contributed by atoms with E-state index < -0.39 is 92.0 Å². The maximum absolute atomic E-state index is 14.7. The number of carbonyl (C=O) groups excluding carboxylic acids is 4. The number of amides is 1. The van der Waals surface area contributed by atoms with Crippen molar-refractivity contribution in [1.82, 2.24) is 19.7 Å². The minimum Gasteiger partial charge on any atom is -0.462 e. The van der Waals surface area contributed by atoms with Gasteiger partial charge in [-0.1, -0.05) is 25.1 Å². The molecular formula is C38H54N5O14P. The molecule has 0 aliphatic carbocycles. The van der Waals surface area contributed by atoms with Gasteiger partial charge >= 0.3 is 25.7 Å². The highest BCUT2D eigenvalue weighted by molar-refractivity contribution is 7.52. The molecule has 2 N–H and O–H groups in total. The van der Waals surface area contributed by atoms with Crippen LogP contribution in [-0.4, -0.2) is 114 Å². The number of methoxy groups -OCH3 is 3. The van der Waals surface area contributed by atoms with E-state index in [1.54, 1.807) is 70.2 Å². The Morgan fingerprint density at radius 2 is 1.53 bits per heavy atom. The van der Waals surface area contributed by atoms with E-state index in [1.807, 2.05) is 0 Å². The molecule has 1 aliphatic heterocycles. The number of nitrogens with one attached hydrogen (secondary N) is 2. The summed E-state index contributed by atoms with van der Waals surface area (Å²) in [4.78, 5) is 57.3. The zero-order chi connectivity index (χ0) is 43.0. The van der Waals surface area contributed by atoms with E-state index in [0.717, 1.165) is 0 Å². The molecule has 0 unspecified atom stereocenters. The summed E-state index contributed by atoms with van der Waals surface area (Å²) in [7, 11) is -0.492. The molecule has 2 aromatic heterocycles. The number of aromatic nitrogens is 3. The van der Waals surface area contributed by atoms with E-state index in [1.165, 1.54) is 59.9 Å². The van der Waals surface area contributed by atoms with Crippen molar-refractivity contribution in [2.24, 2.45) is 0 Å². The first-order valence-corrected chi connectivity index (χ1v) is 20.2. The van der Waals surface area contributed by atoms with Crippen LogP contribution in [0.3, 0.4) is 0 Å². The molecule has 1 amide bonds. The minimum absolute atomic E-state index is 0.0618. The minimum atomic E-state index is -4.53. The molecule has 1 saturated heterocycles. The molecule has 9 atom stereocenters. The molecule has 3 heterocycles. The molecule has 20 heteroatoms. The summed E-state index contributed by atoms with van der Waals surface area (Å²) in [6.07, 6.45) is -5.03. The van der Waals surface area contributed by atoms with Crippen LogP contribution in [0.2, 0.25) is 0 Å². The Morgan fingerprint density at radius 1 is 0.897 bits per heavy atom. The van der Waals surface area contributed by atoms with Crippen LogP contribution < -0.4 is 14.9 Å². The van der Waals surface area contributed by atoms with Gasteiger partial charge < -0.3 is 43.0 Å². The van der Waals surface area contributed by atoms with Gasteiger partial charge in [-0.2, -0.15) is 10.2 Å². The zero-order valence-electron chi connectivity index (χ0n) is 34.6. The van der Waals surface area contributed by atoms with Crippen molar-refractivity contribution in [2.75, 3.05) is 33.3 Å². The average molecular weight is 836 g/mol. The summed E-state index contributed by atoms with van der Waals surface area (Å²) in [6, 6.07) is 10.2. The molecule has 1 aliphatic rings. The summed E-state index contributed by atoms with van der Waals surface area (Å²) in [5, 5.41) is 9.78. The molecule has 1 aromatic carbocycles. The second-order valence-electron chi connectivity index (χ2n) is 14.1. The van der Waals surface area contributed by atoms with Gasteiger partial charge in [-0.05, 0) is 79.2 Å². The van der Waals surface area contributed by atoms with Crippen molar-refractivity contribution in [3.8, 4) is 5.75 Å². The van der Waals surface area contributed by atoms with Crippen molar-refractivity contribution in [2.45, 2.75) is 116 Å². The van der Waals surface area contributed by atoms with E-state index in [2.05, 4.69) is 20.5 Å². The summed E-state index contributed by atoms with van der Waals surface area (Å²) in [5.74, 6) is -2.58. The number of fused-ring (bicyclic) bond motifs is 1. The molecule has 0 radical (unpaired) electrons. The molecule has 0 spiro atoms. The van der Waals surface area contributed by atoms with Gasteiger partial charge in [0.15, 0.2) is 29.7 Å². The molecule has 320 valence electrons. The van der Waals surface area contributed by atoms with Crippen molar-refractivity contribution in [3.05, 3.63) is 54.5 Å². The van der Waals surface area contributed by atoms with Gasteiger partial charge in [0.1, 0.15) is 41.4 Å². The molecule has 0 saturated carbocycles. The number of carbonyl (C=O) groups is 4. The molecule has 0 bridgehead atoms. The van der Waals surface area contributed by atoms with E-state index >= 15 is 0 Å². The maximum Gasteiger partial charge on any atom is 0.459 e. The molecular weight excluding hydrogens is 781 g/mol. The van der Waals surface area contributed by atoms with Crippen LogP contribution in [-0.2, 0) is 61.4 Å². The average Bonchev–Trinajstić information content (AvgIpc) is 3.73. The largest absolute Gasteiger partial charge is 0.462 e. The lowest BCUT2D eigenvalue weighted by atomic mass is 9.78. The van der Waals surface area contributed by atoms with Crippen molar-refractivity contribution < 1.29 is 65.9 Å². The number of benzene rings is 1. The first-order chi connectivity index (χ1) is 27.4. The number of ether oxygens (including phenoxy) is 7. The molecule has 19 nitrogen and oxygen atoms in total. The van der Waals surface area contributed by atoms with Gasteiger partial charge in [-0.3, -0.25) is 14.1 Å². The summed E-state index contributed by atoms with van der Waals surface area (Å²) in [5.41, 5.74) is -3.12. The van der Waals surface area contributed by atoms with E-state index in [-0.39, 0.29) is 23.7 Å². The monoisotopic (exact) mass is 835 g/mol. The lowest BCUT2D eigenvalue weighted by Gasteiger charge is -2.43. The lowest BCUT2D eigenvalue weighted by molar-refractivity contribution is -0.211. The second-order valence-corrected chi connectivity index (χ2v) is 15.8. The molecule has 4 rings (SSSR count). The predicted molar refractivity (Wildman–Crippen MR) is 207 cm³/mol. The highest BCUT2D eigenvalue weighted by Gasteiger charge is 2.69. The van der Waals surface area contributed by atoms with Crippen LogP contribution >= 0.6 is 7.75 Å². The fourth-order valence-corrected chi connectivity index (χ4v) is 7.71. The van der Waals surface area contributed by atoms with Crippen molar-refractivity contribution >= 4 is 42.9 Å². The van der Waals surface area contributed by atoms with Gasteiger partial charge in [0.05, 0.1) is 18.4 Å². The van der Waals surface area contributed by atoms with Gasteiger partial charge in [0.25, 0.3) is 5.91 Å². The van der Waals surface area contributed by atoms with Crippen LogP contribution in [0, 0.1) is 0 Å². The Bertz CT molecular complexity index is 1950. The Morgan fingerprint density at radius 3 is 2.14 bits per heavy atom. The smallest absolute Gasteiger partial charge is 0.459 e. The van der Waals surface area contributed by atoms with Gasteiger partial charge in [-0.15, -0.1) is 0 Å². The summed E-state index contributed by atoms with van der Waals surface area (Å²) >= 11 is 0. The number of rotatable bonds is 20. The predicted octanol–water partition coefficient (Wildman–Crippen LogP) is 4.34. The van der Waals surface area contributed by atoms with Crippen LogP contribution in [0.5, 0.6) is 5.75 Å². The van der Waals surface area contributed by atoms with E-state index in [0.29, 0.717) is 5.52 Å². The number of hydrogen-bond donors (Lipinski definition) is 2. The standard InChI is InChI=1S/C38H54N5O14P/c1-12-38(56-36(47)26(7)51-11)31(54-35(46)25(6)50-10)30(28-18-19-29-32(39-21-40-43(28)29)41-33(44)24(5)49-9)55-37(38,8)20-52-58(48,57-27-16-14-13-15-17-27)42-23(4)34(45)53-22(2)3/h13-19,21-26,30-31H,12,20H2,1-11H3,(H,42,48)(H,39,40,41,44)/t23-,24+,25+,26+,30-,31-,37+,38-,58-/m0/s1. The lowest BCUT2D eigenvalue weighted by Crippen LogP contribution is -2.61. The molecule has 3 aromatic rings. The summed E-state index contributed by atoms with van der Waals surface area (Å²) in [6.45, 7) is 11.9. The third-order valence-corrected chi connectivity index (χ3v) is 11.3. The normalized spacial score (nSPS) is 23.7. The van der Waals surface area contributed by atoms with Crippen LogP contribution in [0.4, 0.5) is 5.82 Å². The Kier molecular flexibility index (Phi) is 15.5. The number of esters is 3. The fourth-order valence-electron chi connectivity index (χ4n) is 6.14. The summed E-state index contributed by atoms with van der Waals surface area (Å²) < 4.78 is 68.6. The number of hydrogen-bond acceptors (Lipinski definition) is 16. The zero-order valence-corrected chi connectivity index (χ0v) is 35.5. The van der Waals surface area contributed by atoms with E-state index in [4.69, 9.17) is 42.2 Å². The van der Waals surface area contributed by atoms with Crippen molar-refractivity contribution in [3.63, 3.8) is 0 Å². The molecule has 58 heavy (non-hydrogen) atoms. The van der Waals surface area contributed by atoms with Crippen LogP contribution in [0.15, 0.2) is 48.8 Å². The number of para-hydroxylation sites is 1. The topological polar surface area (TPSA) is 223 Å². The Labute approximate surface area is 337 Å². The molecule has 1 fully saturated rings. The maximum atomic E-state index is 14.7. The quantitative estimate of drug-likeness (QED) is 0.0918. The first-order valence-electron chi connectivity index (χ1n) is 18.7. The highest BCUT2D eigenvalue weighted by atomic mass is 31.2. The third-order valence-electron chi connectivity index (χ3n) is 9.71. The number of anilines is 1. The van der Waals surface area contributed by atoms with Crippen molar-refractivity contribution in [1.29, 1.82) is 0 Å². The SMILES string of the molecule is CC[C@]1(OC(=O)[C@@H](C)OC)[C@@H](OC(=O)[C@@H](C)OC)[C@H](c2ccc3c(NC(=O)[C@@H](C)OC)ncnn23)O[C@]1(C)CO[P@@](=O)(N[C@@H](C)C(=O)OC(C)C)Oc1ccccc1. The Hall–Kier alpha value is -4.49. The van der Waals surface area contributed by atoms with Gasteiger partial charge in [0.2, 0.25) is 0 Å². The van der Waals surface area contributed by atoms with E-state index in [9.17, 15) is 23.7 Å². The third kappa shape index (κ3) is 10.2. The second kappa shape index (κ2) is 19.5. The number of nitrogens with zero attached hydrogens (tertiary/aromatic N) is 3.